The maximum Gasteiger partial charge on any atom is 0.359 e. The molecule has 4 N–H and O–H groups in total. The highest BCUT2D eigenvalue weighted by Crippen LogP contribution is 2.56. The minimum absolute atomic E-state index is 0.167. The molecule has 0 aromatic heterocycles. The average Bonchev–Trinajstić information content (AvgIpc) is 2.22. The highest BCUT2D eigenvalue weighted by Gasteiger charge is 2.38. The molecule has 0 saturated carbocycles. The van der Waals surface area contributed by atoms with Crippen LogP contribution >= 0.6 is 16.0 Å². The summed E-state index contributed by atoms with van der Waals surface area (Å²) in [6, 6.07) is 0. The van der Waals surface area contributed by atoms with Crippen molar-refractivity contribution in [1.82, 2.24) is 5.32 Å². The second-order valence-electron chi connectivity index (χ2n) is 3.11. The van der Waals surface area contributed by atoms with Crippen molar-refractivity contribution < 1.29 is 28.6 Å². The molecular weight excluding hydrogens is 256 g/mol. The van der Waals surface area contributed by atoms with Crippen LogP contribution in [-0.4, -0.2) is 33.2 Å². The molecular formula is C7H17NO6P2. The topological polar surface area (TPSA) is 116 Å². The van der Waals surface area contributed by atoms with Crippen LogP contribution in [0.5, 0.6) is 0 Å². The Morgan fingerprint density at radius 2 is 2.12 bits per heavy atom. The van der Waals surface area contributed by atoms with Crippen LogP contribution in [0.15, 0.2) is 0 Å². The number of hydrogen-bond acceptors (Lipinski definition) is 5. The second kappa shape index (κ2) is 7.33. The molecule has 0 radical (unpaired) electrons. The molecule has 0 aliphatic heterocycles. The molecule has 0 aromatic carbocycles. The summed E-state index contributed by atoms with van der Waals surface area (Å²) in [6.45, 7) is 1.89. The zero-order chi connectivity index (χ0) is 12.8. The fourth-order valence-electron chi connectivity index (χ4n) is 0.923. The van der Waals surface area contributed by atoms with E-state index in [9.17, 15) is 14.3 Å². The normalized spacial score (nSPS) is 16.9. The fraction of sp³-hybridized carbons (Fsp3) is 0.857. The molecule has 96 valence electrons. The van der Waals surface area contributed by atoms with E-state index in [1.807, 2.05) is 6.92 Å². The summed E-state index contributed by atoms with van der Waals surface area (Å²) in [4.78, 5) is 38.4. The van der Waals surface area contributed by atoms with Gasteiger partial charge in [0, 0.05) is 13.5 Å². The summed E-state index contributed by atoms with van der Waals surface area (Å²) in [5, 5.41) is 2.09. The predicted molar refractivity (Wildman–Crippen MR) is 59.6 cm³/mol. The molecule has 9 heteroatoms. The lowest BCUT2D eigenvalue weighted by atomic mass is 10.2. The van der Waals surface area contributed by atoms with Crippen LogP contribution in [0, 0.1) is 0 Å². The zero-order valence-corrected chi connectivity index (χ0v) is 10.9. The number of nitrogens with one attached hydrogen (secondary N) is 1. The highest BCUT2D eigenvalue weighted by molar-refractivity contribution is 7.68. The van der Waals surface area contributed by atoms with Crippen LogP contribution in [0.25, 0.3) is 0 Å². The van der Waals surface area contributed by atoms with Crippen molar-refractivity contribution in [1.29, 1.82) is 0 Å². The first-order valence-electron chi connectivity index (χ1n) is 4.69. The highest BCUT2D eigenvalue weighted by atomic mass is 31.2. The van der Waals surface area contributed by atoms with Crippen LogP contribution in [0.1, 0.15) is 26.2 Å². The molecule has 0 saturated heterocycles. The molecule has 0 aliphatic rings. The van der Waals surface area contributed by atoms with Gasteiger partial charge in [-0.2, -0.15) is 0 Å². The van der Waals surface area contributed by atoms with Gasteiger partial charge in [0.25, 0.3) is 0 Å². The third-order valence-corrected chi connectivity index (χ3v) is 5.17. The largest absolute Gasteiger partial charge is 0.359 e. The number of carbonyl (C=O) groups is 1. The van der Waals surface area contributed by atoms with Crippen LogP contribution in [0.2, 0.25) is 0 Å². The van der Waals surface area contributed by atoms with E-state index >= 15 is 0 Å². The first-order chi connectivity index (χ1) is 7.35. The lowest BCUT2D eigenvalue weighted by Crippen LogP contribution is -2.33. The Morgan fingerprint density at radius 3 is 2.50 bits per heavy atom. The molecule has 2 unspecified atom stereocenters. The molecule has 0 spiro atoms. The Balaban J connectivity index is 4.47. The first kappa shape index (κ1) is 16.0. The van der Waals surface area contributed by atoms with E-state index in [2.05, 4.69) is 9.84 Å². The van der Waals surface area contributed by atoms with Crippen molar-refractivity contribution in [3.05, 3.63) is 0 Å². The van der Waals surface area contributed by atoms with E-state index < -0.39 is 27.4 Å². The Bertz CT molecular complexity index is 272. The lowest BCUT2D eigenvalue weighted by Gasteiger charge is -2.22. The van der Waals surface area contributed by atoms with E-state index in [1.165, 1.54) is 0 Å². The van der Waals surface area contributed by atoms with Crippen LogP contribution in [-0.2, 0) is 13.9 Å². The monoisotopic (exact) mass is 273 g/mol. The van der Waals surface area contributed by atoms with Crippen molar-refractivity contribution in [3.63, 3.8) is 0 Å². The molecule has 0 rings (SSSR count). The Labute approximate surface area is 95.3 Å². The van der Waals surface area contributed by atoms with Crippen molar-refractivity contribution in [2.75, 3.05) is 7.11 Å². The quantitative estimate of drug-likeness (QED) is 0.507. The van der Waals surface area contributed by atoms with Crippen molar-refractivity contribution in [2.45, 2.75) is 31.7 Å². The molecule has 0 aromatic rings. The Kier molecular flexibility index (Phi) is 7.31. The molecule has 7 nitrogen and oxygen atoms in total. The number of unbranched alkanes of at least 4 members (excludes halogenated alkanes) is 1. The Hall–Kier alpha value is -0.0300. The molecule has 16 heavy (non-hydrogen) atoms. The third-order valence-electron chi connectivity index (χ3n) is 1.84. The number of hydrogen-bond donors (Lipinski definition) is 4. The second-order valence-corrected chi connectivity index (χ2v) is 6.69. The van der Waals surface area contributed by atoms with Gasteiger partial charge in [0.2, 0.25) is 19.8 Å². The van der Waals surface area contributed by atoms with Gasteiger partial charge in [0.15, 0.2) is 0 Å². The smallest absolute Gasteiger partial charge is 0.348 e. The summed E-state index contributed by atoms with van der Waals surface area (Å²) in [6.07, 6.45) is 1.59. The van der Waals surface area contributed by atoms with Gasteiger partial charge in [-0.3, -0.25) is 9.36 Å². The number of rotatable bonds is 7. The van der Waals surface area contributed by atoms with E-state index in [1.54, 1.807) is 0 Å². The van der Waals surface area contributed by atoms with E-state index in [0.29, 0.717) is 6.42 Å². The van der Waals surface area contributed by atoms with Gasteiger partial charge in [-0.1, -0.05) is 13.3 Å². The van der Waals surface area contributed by atoms with Crippen LogP contribution in [0.3, 0.4) is 0 Å². The van der Waals surface area contributed by atoms with Crippen molar-refractivity contribution in [2.24, 2.45) is 0 Å². The lowest BCUT2D eigenvalue weighted by molar-refractivity contribution is -0.121. The van der Waals surface area contributed by atoms with Gasteiger partial charge in [-0.25, -0.2) is 0 Å². The van der Waals surface area contributed by atoms with E-state index in [0.717, 1.165) is 13.5 Å². The molecule has 0 bridgehead atoms. The molecule has 0 aliphatic carbocycles. The minimum atomic E-state index is -4.23. The standard InChI is InChI=1S/C7H17NO6P2/c1-3-4-5-6(9)8-7(15(10)11)16(12,13)14-2/h7,10-11H,3-5H2,1-2H3,(H,8,9)(H,12,13). The first-order valence-corrected chi connectivity index (χ1v) is 7.66. The molecule has 0 fully saturated rings. The van der Waals surface area contributed by atoms with Crippen LogP contribution in [0.4, 0.5) is 0 Å². The number of carbonyl (C=O) groups excluding carboxylic acids is 1. The summed E-state index contributed by atoms with van der Waals surface area (Å²) in [7, 11) is -6.04. The van der Waals surface area contributed by atoms with E-state index in [4.69, 9.17) is 9.79 Å². The molecule has 2 atom stereocenters. The predicted octanol–water partition coefficient (Wildman–Crippen LogP) is 0.705. The van der Waals surface area contributed by atoms with Gasteiger partial charge in [0.05, 0.1) is 0 Å². The maximum atomic E-state index is 11.3. The van der Waals surface area contributed by atoms with Crippen LogP contribution < -0.4 is 5.32 Å². The zero-order valence-electron chi connectivity index (χ0n) is 9.16. The van der Waals surface area contributed by atoms with Gasteiger partial charge in [0.1, 0.15) is 0 Å². The van der Waals surface area contributed by atoms with E-state index in [-0.39, 0.29) is 6.42 Å². The van der Waals surface area contributed by atoms with Crippen molar-refractivity contribution >= 4 is 21.9 Å². The summed E-state index contributed by atoms with van der Waals surface area (Å²) in [5.74, 6) is -0.506. The SMILES string of the molecule is CCCCC(=O)NC(P(O)O)P(=O)(O)OC. The molecule has 0 heterocycles. The summed E-state index contributed by atoms with van der Waals surface area (Å²) < 4.78 is 15.6. The number of amides is 1. The fourth-order valence-corrected chi connectivity index (χ4v) is 3.02. The van der Waals surface area contributed by atoms with Gasteiger partial charge in [-0.05, 0) is 6.42 Å². The Morgan fingerprint density at radius 1 is 1.56 bits per heavy atom. The van der Waals surface area contributed by atoms with Gasteiger partial charge in [-0.15, -0.1) is 0 Å². The minimum Gasteiger partial charge on any atom is -0.348 e. The molecule has 1 amide bonds. The maximum absolute atomic E-state index is 11.3. The summed E-state index contributed by atoms with van der Waals surface area (Å²) in [5.41, 5.74) is -1.66. The van der Waals surface area contributed by atoms with Gasteiger partial charge >= 0.3 is 7.60 Å². The van der Waals surface area contributed by atoms with Crippen molar-refractivity contribution in [3.8, 4) is 0 Å². The van der Waals surface area contributed by atoms with Gasteiger partial charge < -0.3 is 24.5 Å². The summed E-state index contributed by atoms with van der Waals surface area (Å²) >= 11 is 0. The third kappa shape index (κ3) is 5.34. The average molecular weight is 273 g/mol.